The van der Waals surface area contributed by atoms with E-state index in [1.807, 2.05) is 6.92 Å². The second-order valence-corrected chi connectivity index (χ2v) is 1.87. The SMILES string of the molecule is CCNC([S-])=C(C#N)C#N. The van der Waals surface area contributed by atoms with Crippen LogP contribution >= 0.6 is 0 Å². The third-order valence-corrected chi connectivity index (χ3v) is 1.14. The van der Waals surface area contributed by atoms with Gasteiger partial charge in [-0.15, -0.1) is 0 Å². The number of allylic oxidation sites excluding steroid dienone is 1. The van der Waals surface area contributed by atoms with Crippen molar-refractivity contribution in [2.24, 2.45) is 0 Å². The fraction of sp³-hybridized carbons (Fsp3) is 0.333. The summed E-state index contributed by atoms with van der Waals surface area (Å²) in [5.41, 5.74) is -0.0307. The van der Waals surface area contributed by atoms with E-state index in [1.165, 1.54) is 0 Å². The van der Waals surface area contributed by atoms with Gasteiger partial charge >= 0.3 is 0 Å². The van der Waals surface area contributed by atoms with Crippen LogP contribution in [0.4, 0.5) is 0 Å². The molecule has 0 radical (unpaired) electrons. The zero-order valence-corrected chi connectivity index (χ0v) is 6.33. The molecule has 0 saturated heterocycles. The van der Waals surface area contributed by atoms with Crippen molar-refractivity contribution in [2.45, 2.75) is 6.92 Å². The maximum Gasteiger partial charge on any atom is 0.125 e. The highest BCUT2D eigenvalue weighted by Crippen LogP contribution is 1.94. The Morgan fingerprint density at radius 2 is 2.00 bits per heavy atom. The Labute approximate surface area is 65.4 Å². The molecular weight excluding hydrogens is 146 g/mol. The fourth-order valence-electron chi connectivity index (χ4n) is 0.375. The Hall–Kier alpha value is -1.26. The number of nitrogens with one attached hydrogen (secondary N) is 1. The van der Waals surface area contributed by atoms with Crippen LogP contribution in [0.3, 0.4) is 0 Å². The first-order chi connectivity index (χ1) is 4.76. The molecule has 0 aromatic carbocycles. The largest absolute Gasteiger partial charge is 0.761 e. The normalized spacial score (nSPS) is 7.10. The van der Waals surface area contributed by atoms with Crippen LogP contribution < -0.4 is 5.32 Å². The van der Waals surface area contributed by atoms with Crippen molar-refractivity contribution in [2.75, 3.05) is 6.54 Å². The molecule has 1 N–H and O–H groups in total. The van der Waals surface area contributed by atoms with Crippen LogP contribution in [0.25, 0.3) is 0 Å². The molecular formula is C6H6N3S-. The van der Waals surface area contributed by atoms with E-state index < -0.39 is 0 Å². The second kappa shape index (κ2) is 4.60. The number of hydrogen-bond donors (Lipinski definition) is 1. The smallest absolute Gasteiger partial charge is 0.125 e. The molecule has 52 valence electrons. The molecule has 0 aromatic heterocycles. The summed E-state index contributed by atoms with van der Waals surface area (Å²) in [4.78, 5) is 0. The minimum Gasteiger partial charge on any atom is -0.761 e. The highest BCUT2D eigenvalue weighted by molar-refractivity contribution is 7.63. The second-order valence-electron chi connectivity index (χ2n) is 1.46. The Morgan fingerprint density at radius 3 is 2.30 bits per heavy atom. The first kappa shape index (κ1) is 8.74. The van der Waals surface area contributed by atoms with Crippen molar-refractivity contribution >= 4 is 12.6 Å². The van der Waals surface area contributed by atoms with Crippen molar-refractivity contribution in [3.63, 3.8) is 0 Å². The van der Waals surface area contributed by atoms with Crippen molar-refractivity contribution < 1.29 is 0 Å². The van der Waals surface area contributed by atoms with Crippen LogP contribution in [0.1, 0.15) is 6.92 Å². The van der Waals surface area contributed by atoms with E-state index in [9.17, 15) is 0 Å². The molecule has 0 aromatic rings. The van der Waals surface area contributed by atoms with Crippen LogP contribution in [-0.4, -0.2) is 6.54 Å². The predicted octanol–water partition coefficient (Wildman–Crippen LogP) is 0.402. The Bertz CT molecular complexity index is 202. The maximum absolute atomic E-state index is 8.29. The highest BCUT2D eigenvalue weighted by atomic mass is 32.1. The number of hydrogen-bond acceptors (Lipinski definition) is 4. The molecule has 0 unspecified atom stereocenters. The lowest BCUT2D eigenvalue weighted by Crippen LogP contribution is -2.11. The van der Waals surface area contributed by atoms with E-state index in [4.69, 9.17) is 10.5 Å². The lowest BCUT2D eigenvalue weighted by atomic mass is 10.3. The van der Waals surface area contributed by atoms with Crippen LogP contribution in [-0.2, 0) is 12.6 Å². The zero-order valence-electron chi connectivity index (χ0n) is 5.51. The molecule has 0 aliphatic heterocycles. The standard InChI is InChI=1S/C6H7N3S/c1-2-9-6(10)5(3-7)4-8/h9-10H,2H2,1H3/p-1. The van der Waals surface area contributed by atoms with Gasteiger partial charge in [-0.25, -0.2) is 0 Å². The molecule has 0 amide bonds. The van der Waals surface area contributed by atoms with Crippen molar-refractivity contribution in [1.82, 2.24) is 5.32 Å². The molecule has 0 atom stereocenters. The zero-order chi connectivity index (χ0) is 7.98. The Balaban J connectivity index is 4.36. The molecule has 10 heavy (non-hydrogen) atoms. The number of nitriles is 2. The molecule has 0 aliphatic carbocycles. The van der Waals surface area contributed by atoms with Gasteiger partial charge in [0.1, 0.15) is 17.7 Å². The predicted molar refractivity (Wildman–Crippen MR) is 39.3 cm³/mol. The van der Waals surface area contributed by atoms with E-state index >= 15 is 0 Å². The molecule has 0 fully saturated rings. The van der Waals surface area contributed by atoms with Crippen molar-refractivity contribution in [3.05, 3.63) is 10.6 Å². The summed E-state index contributed by atoms with van der Waals surface area (Å²) in [5.74, 6) is 0. The lowest BCUT2D eigenvalue weighted by molar-refractivity contribution is 0.902. The van der Waals surface area contributed by atoms with Crippen molar-refractivity contribution in [1.29, 1.82) is 10.5 Å². The molecule has 0 spiro atoms. The van der Waals surface area contributed by atoms with E-state index in [1.54, 1.807) is 12.1 Å². The minimum absolute atomic E-state index is 0.0307. The van der Waals surface area contributed by atoms with Gasteiger partial charge in [-0.3, -0.25) is 0 Å². The molecule has 0 aliphatic rings. The molecule has 0 heterocycles. The molecule has 3 nitrogen and oxygen atoms in total. The third-order valence-electron chi connectivity index (χ3n) is 0.788. The van der Waals surface area contributed by atoms with Crippen LogP contribution in [0.2, 0.25) is 0 Å². The summed E-state index contributed by atoms with van der Waals surface area (Å²) in [6, 6.07) is 3.38. The summed E-state index contributed by atoms with van der Waals surface area (Å²) < 4.78 is 0. The van der Waals surface area contributed by atoms with Gasteiger partial charge in [-0.2, -0.15) is 10.5 Å². The Morgan fingerprint density at radius 1 is 1.50 bits per heavy atom. The fourth-order valence-corrected chi connectivity index (χ4v) is 0.611. The van der Waals surface area contributed by atoms with Gasteiger partial charge in [0.05, 0.1) is 0 Å². The first-order valence-corrected chi connectivity index (χ1v) is 3.12. The molecule has 4 heteroatoms. The molecule has 0 bridgehead atoms. The molecule has 0 rings (SSSR count). The Kier molecular flexibility index (Phi) is 4.02. The van der Waals surface area contributed by atoms with Gasteiger partial charge in [0.15, 0.2) is 0 Å². The van der Waals surface area contributed by atoms with Gasteiger partial charge in [0, 0.05) is 6.54 Å². The van der Waals surface area contributed by atoms with E-state index in [0.717, 1.165) is 0 Å². The first-order valence-electron chi connectivity index (χ1n) is 2.71. The summed E-state index contributed by atoms with van der Waals surface area (Å²) in [6.45, 7) is 2.48. The quantitative estimate of drug-likeness (QED) is 0.459. The van der Waals surface area contributed by atoms with Crippen LogP contribution in [0, 0.1) is 22.7 Å². The average Bonchev–Trinajstić information content (AvgIpc) is 1.91. The summed E-state index contributed by atoms with van der Waals surface area (Å²) >= 11 is 4.68. The third kappa shape index (κ3) is 2.34. The van der Waals surface area contributed by atoms with Crippen molar-refractivity contribution in [3.8, 4) is 12.1 Å². The van der Waals surface area contributed by atoms with E-state index in [0.29, 0.717) is 6.54 Å². The molecule has 0 saturated carbocycles. The van der Waals surface area contributed by atoms with E-state index in [2.05, 4.69) is 17.9 Å². The average molecular weight is 152 g/mol. The maximum atomic E-state index is 8.29. The number of rotatable bonds is 2. The van der Waals surface area contributed by atoms with Gasteiger partial charge in [-0.05, 0) is 6.92 Å². The van der Waals surface area contributed by atoms with Crippen LogP contribution in [0.5, 0.6) is 0 Å². The minimum atomic E-state index is -0.0307. The number of nitrogens with zero attached hydrogens (tertiary/aromatic N) is 2. The topological polar surface area (TPSA) is 59.6 Å². The summed E-state index contributed by atoms with van der Waals surface area (Å²) in [5, 5.41) is 19.5. The monoisotopic (exact) mass is 152 g/mol. The highest BCUT2D eigenvalue weighted by Gasteiger charge is 1.89. The summed E-state index contributed by atoms with van der Waals surface area (Å²) in [6.07, 6.45) is 0. The van der Waals surface area contributed by atoms with Crippen LogP contribution in [0.15, 0.2) is 10.6 Å². The van der Waals surface area contributed by atoms with Gasteiger partial charge in [0.25, 0.3) is 0 Å². The van der Waals surface area contributed by atoms with Gasteiger partial charge in [0.2, 0.25) is 0 Å². The summed E-state index contributed by atoms with van der Waals surface area (Å²) in [7, 11) is 0. The van der Waals surface area contributed by atoms with E-state index in [-0.39, 0.29) is 10.6 Å². The lowest BCUT2D eigenvalue weighted by Gasteiger charge is -2.12. The van der Waals surface area contributed by atoms with Gasteiger partial charge in [-0.1, -0.05) is 5.03 Å². The van der Waals surface area contributed by atoms with Gasteiger partial charge < -0.3 is 17.9 Å².